The van der Waals surface area contributed by atoms with Crippen molar-refractivity contribution in [3.05, 3.63) is 42.4 Å². The van der Waals surface area contributed by atoms with Crippen LogP contribution >= 0.6 is 0 Å². The summed E-state index contributed by atoms with van der Waals surface area (Å²) in [5.74, 6) is -2.65. The molecule has 142 valence electrons. The van der Waals surface area contributed by atoms with Gasteiger partial charge < -0.3 is 24.9 Å². The van der Waals surface area contributed by atoms with E-state index >= 15 is 0 Å². The van der Waals surface area contributed by atoms with Crippen molar-refractivity contribution in [2.24, 2.45) is 17.3 Å². The first-order chi connectivity index (χ1) is 12.8. The molecule has 0 bridgehead atoms. The van der Waals surface area contributed by atoms with Crippen molar-refractivity contribution >= 4 is 29.2 Å². The standard InChI is InChI=1S/C19H20N2O6/c1-19(2)14(15(19)18(24)25)17(23)21-11-9-10(6-7-12(11)26-3)20-16(22)13-5-4-8-27-13/h4-9,14-15H,1-3H3,(H,20,22)(H,21,23)(H,24,25)/t14-,15-/m1/s1. The molecule has 1 aliphatic rings. The highest BCUT2D eigenvalue weighted by atomic mass is 16.5. The minimum atomic E-state index is -0.994. The van der Waals surface area contributed by atoms with Gasteiger partial charge in [-0.3, -0.25) is 14.4 Å². The van der Waals surface area contributed by atoms with Crippen LogP contribution in [0.15, 0.2) is 41.0 Å². The number of methoxy groups -OCH3 is 1. The number of hydrogen-bond donors (Lipinski definition) is 3. The smallest absolute Gasteiger partial charge is 0.307 e. The normalized spacial score (nSPS) is 19.8. The Morgan fingerprint density at radius 3 is 2.44 bits per heavy atom. The summed E-state index contributed by atoms with van der Waals surface area (Å²) in [6.45, 7) is 3.49. The highest BCUT2D eigenvalue weighted by Gasteiger charge is 2.65. The van der Waals surface area contributed by atoms with Gasteiger partial charge in [-0.25, -0.2) is 0 Å². The molecule has 1 aliphatic carbocycles. The van der Waals surface area contributed by atoms with Crippen LogP contribution in [0.5, 0.6) is 5.75 Å². The fourth-order valence-corrected chi connectivity index (χ4v) is 3.28. The third-order valence-electron chi connectivity index (χ3n) is 4.84. The van der Waals surface area contributed by atoms with Crippen molar-refractivity contribution < 1.29 is 28.6 Å². The molecule has 3 rings (SSSR count). The molecule has 2 amide bonds. The van der Waals surface area contributed by atoms with Gasteiger partial charge in [0.1, 0.15) is 5.75 Å². The average Bonchev–Trinajstić information content (AvgIpc) is 2.97. The number of carboxylic acids is 1. The second-order valence-electron chi connectivity index (χ2n) is 6.95. The molecule has 8 nitrogen and oxygen atoms in total. The summed E-state index contributed by atoms with van der Waals surface area (Å²) in [7, 11) is 1.45. The van der Waals surface area contributed by atoms with E-state index in [1.165, 1.54) is 19.4 Å². The Balaban J connectivity index is 1.77. The zero-order valence-electron chi connectivity index (χ0n) is 15.1. The summed E-state index contributed by atoms with van der Waals surface area (Å²) in [6, 6.07) is 7.90. The molecule has 8 heteroatoms. The van der Waals surface area contributed by atoms with E-state index in [-0.39, 0.29) is 5.76 Å². The Bertz CT molecular complexity index is 888. The third kappa shape index (κ3) is 3.51. The molecule has 0 saturated heterocycles. The Kier molecular flexibility index (Phi) is 4.65. The molecule has 27 heavy (non-hydrogen) atoms. The van der Waals surface area contributed by atoms with E-state index in [9.17, 15) is 19.5 Å². The van der Waals surface area contributed by atoms with Crippen molar-refractivity contribution in [3.8, 4) is 5.75 Å². The molecule has 3 N–H and O–H groups in total. The molecule has 1 aromatic heterocycles. The molecule has 1 saturated carbocycles. The van der Waals surface area contributed by atoms with Gasteiger partial charge in [-0.05, 0) is 35.7 Å². The number of carbonyl (C=O) groups is 3. The zero-order chi connectivity index (χ0) is 19.8. The molecule has 1 aromatic carbocycles. The second kappa shape index (κ2) is 6.79. The van der Waals surface area contributed by atoms with Gasteiger partial charge in [-0.2, -0.15) is 0 Å². The highest BCUT2D eigenvalue weighted by molar-refractivity contribution is 6.04. The summed E-state index contributed by atoms with van der Waals surface area (Å²) >= 11 is 0. The van der Waals surface area contributed by atoms with Crippen molar-refractivity contribution in [1.82, 2.24) is 0 Å². The lowest BCUT2D eigenvalue weighted by molar-refractivity contribution is -0.140. The van der Waals surface area contributed by atoms with Gasteiger partial charge in [0.05, 0.1) is 30.9 Å². The third-order valence-corrected chi connectivity index (χ3v) is 4.84. The topological polar surface area (TPSA) is 118 Å². The number of nitrogens with one attached hydrogen (secondary N) is 2. The predicted octanol–water partition coefficient (Wildman–Crippen LogP) is 2.84. The predicted molar refractivity (Wildman–Crippen MR) is 96.7 cm³/mol. The van der Waals surface area contributed by atoms with Gasteiger partial charge in [0.2, 0.25) is 5.91 Å². The summed E-state index contributed by atoms with van der Waals surface area (Å²) in [5.41, 5.74) is 0.151. The van der Waals surface area contributed by atoms with Crippen LogP contribution in [0, 0.1) is 17.3 Å². The fourth-order valence-electron chi connectivity index (χ4n) is 3.28. The zero-order valence-corrected chi connectivity index (χ0v) is 15.1. The Hall–Kier alpha value is -3.29. The van der Waals surface area contributed by atoms with Gasteiger partial charge in [-0.15, -0.1) is 0 Å². The van der Waals surface area contributed by atoms with E-state index in [0.717, 1.165) is 0 Å². The highest BCUT2D eigenvalue weighted by Crippen LogP contribution is 2.58. The Morgan fingerprint density at radius 1 is 1.15 bits per heavy atom. The molecular weight excluding hydrogens is 352 g/mol. The van der Waals surface area contributed by atoms with Crippen molar-refractivity contribution in [2.75, 3.05) is 17.7 Å². The number of amides is 2. The van der Waals surface area contributed by atoms with Crippen LogP contribution in [-0.4, -0.2) is 30.0 Å². The summed E-state index contributed by atoms with van der Waals surface area (Å²) in [5, 5.41) is 14.6. The molecule has 1 heterocycles. The van der Waals surface area contributed by atoms with Crippen LogP contribution in [0.4, 0.5) is 11.4 Å². The molecule has 2 aromatic rings. The number of rotatable bonds is 6. The van der Waals surface area contributed by atoms with Crippen molar-refractivity contribution in [2.45, 2.75) is 13.8 Å². The number of ether oxygens (including phenoxy) is 1. The number of carboxylic acid groups (broad SMARTS) is 1. The monoisotopic (exact) mass is 372 g/mol. The van der Waals surface area contributed by atoms with Gasteiger partial charge in [-0.1, -0.05) is 13.8 Å². The van der Waals surface area contributed by atoms with Crippen LogP contribution in [0.1, 0.15) is 24.4 Å². The SMILES string of the molecule is COc1ccc(NC(=O)c2ccco2)cc1NC(=O)[C@H]1[C@H](C(=O)O)C1(C)C. The van der Waals surface area contributed by atoms with Crippen molar-refractivity contribution in [3.63, 3.8) is 0 Å². The maximum Gasteiger partial charge on any atom is 0.307 e. The van der Waals surface area contributed by atoms with Crippen molar-refractivity contribution in [1.29, 1.82) is 0 Å². The molecule has 2 atom stereocenters. The van der Waals surface area contributed by atoms with Gasteiger partial charge in [0.25, 0.3) is 5.91 Å². The number of carbonyl (C=O) groups excluding carboxylic acids is 2. The van der Waals surface area contributed by atoms with Crippen LogP contribution in [0.3, 0.4) is 0 Å². The van der Waals surface area contributed by atoms with E-state index in [0.29, 0.717) is 17.1 Å². The summed E-state index contributed by atoms with van der Waals surface area (Å²) < 4.78 is 10.3. The van der Waals surface area contributed by atoms with Gasteiger partial charge >= 0.3 is 5.97 Å². The fraction of sp³-hybridized carbons (Fsp3) is 0.316. The van der Waals surface area contributed by atoms with E-state index < -0.39 is 35.0 Å². The minimum absolute atomic E-state index is 0.153. The Morgan fingerprint density at radius 2 is 1.89 bits per heavy atom. The first-order valence-corrected chi connectivity index (χ1v) is 8.32. The van der Waals surface area contributed by atoms with Gasteiger partial charge in [0, 0.05) is 5.69 Å². The maximum absolute atomic E-state index is 12.6. The average molecular weight is 372 g/mol. The molecular formula is C19H20N2O6. The first-order valence-electron chi connectivity index (χ1n) is 8.32. The molecule has 0 unspecified atom stereocenters. The summed E-state index contributed by atoms with van der Waals surface area (Å²) in [4.78, 5) is 36.0. The molecule has 0 radical (unpaired) electrons. The van der Waals surface area contributed by atoms with E-state index in [1.54, 1.807) is 38.1 Å². The number of benzene rings is 1. The number of furan rings is 1. The van der Waals surface area contributed by atoms with Crippen LogP contribution in [0.2, 0.25) is 0 Å². The molecule has 0 spiro atoms. The number of anilines is 2. The Labute approximate surface area is 155 Å². The number of hydrogen-bond acceptors (Lipinski definition) is 5. The second-order valence-corrected chi connectivity index (χ2v) is 6.95. The van der Waals surface area contributed by atoms with Crippen LogP contribution < -0.4 is 15.4 Å². The summed E-state index contributed by atoms with van der Waals surface area (Å²) in [6.07, 6.45) is 1.39. The molecule has 0 aliphatic heterocycles. The lowest BCUT2D eigenvalue weighted by Gasteiger charge is -2.13. The quantitative estimate of drug-likeness (QED) is 0.718. The van der Waals surface area contributed by atoms with E-state index in [1.807, 2.05) is 0 Å². The van der Waals surface area contributed by atoms with Gasteiger partial charge in [0.15, 0.2) is 5.76 Å². The minimum Gasteiger partial charge on any atom is -0.495 e. The maximum atomic E-state index is 12.6. The van der Waals surface area contributed by atoms with Crippen LogP contribution in [0.25, 0.3) is 0 Å². The lowest BCUT2D eigenvalue weighted by Crippen LogP contribution is -2.18. The molecule has 1 fully saturated rings. The first kappa shape index (κ1) is 18.5. The number of aliphatic carboxylic acids is 1. The lowest BCUT2D eigenvalue weighted by atomic mass is 10.1. The van der Waals surface area contributed by atoms with E-state index in [2.05, 4.69) is 10.6 Å². The largest absolute Gasteiger partial charge is 0.495 e. The van der Waals surface area contributed by atoms with Crippen LogP contribution in [-0.2, 0) is 9.59 Å². The van der Waals surface area contributed by atoms with E-state index in [4.69, 9.17) is 9.15 Å².